The molecule has 0 aromatic heterocycles. The minimum absolute atomic E-state index is 0.0352. The van der Waals surface area contributed by atoms with Crippen LogP contribution in [-0.2, 0) is 10.0 Å². The number of carbonyl (C=O) groups excluding carboxylic acids is 2. The highest BCUT2D eigenvalue weighted by Gasteiger charge is 2.40. The average molecular weight is 441 g/mol. The van der Waals surface area contributed by atoms with E-state index in [1.165, 1.54) is 18.2 Å². The molecule has 1 aliphatic heterocycles. The zero-order chi connectivity index (χ0) is 20.6. The first-order valence-corrected chi connectivity index (χ1v) is 10.8. The summed E-state index contributed by atoms with van der Waals surface area (Å²) in [5.74, 6) is -1.18. The zero-order valence-electron chi connectivity index (χ0n) is 15.2. The number of halogens is 2. The fourth-order valence-corrected chi connectivity index (χ4v) is 5.53. The molecule has 0 aliphatic carbocycles. The van der Waals surface area contributed by atoms with Crippen LogP contribution in [0.25, 0.3) is 0 Å². The number of rotatable bonds is 5. The third-order valence-corrected chi connectivity index (χ3v) is 7.17. The van der Waals surface area contributed by atoms with Crippen molar-refractivity contribution in [2.45, 2.75) is 24.7 Å². The van der Waals surface area contributed by atoms with E-state index >= 15 is 0 Å². The van der Waals surface area contributed by atoms with Gasteiger partial charge in [-0.3, -0.25) is 9.59 Å². The lowest BCUT2D eigenvalue weighted by Gasteiger charge is -2.16. The third-order valence-electron chi connectivity index (χ3n) is 4.62. The first-order valence-electron chi connectivity index (χ1n) is 8.61. The molecule has 148 valence electrons. The van der Waals surface area contributed by atoms with Crippen LogP contribution in [0.5, 0.6) is 0 Å². The summed E-state index contributed by atoms with van der Waals surface area (Å²) in [6.07, 6.45) is 0. The number of nitrogens with one attached hydrogen (secondary N) is 1. The van der Waals surface area contributed by atoms with Crippen LogP contribution in [0, 0.1) is 0 Å². The van der Waals surface area contributed by atoms with E-state index in [0.29, 0.717) is 10.0 Å². The van der Waals surface area contributed by atoms with E-state index in [9.17, 15) is 18.0 Å². The molecule has 0 saturated carbocycles. The summed E-state index contributed by atoms with van der Waals surface area (Å²) in [6, 6.07) is 9.24. The Morgan fingerprint density at radius 1 is 1.18 bits per heavy atom. The lowest BCUT2D eigenvalue weighted by Crippen LogP contribution is -2.29. The van der Waals surface area contributed by atoms with Crippen LogP contribution in [0.15, 0.2) is 41.3 Å². The van der Waals surface area contributed by atoms with Gasteiger partial charge < -0.3 is 5.32 Å². The predicted molar refractivity (Wildman–Crippen MR) is 108 cm³/mol. The Morgan fingerprint density at radius 2 is 1.82 bits per heavy atom. The van der Waals surface area contributed by atoms with E-state index < -0.39 is 21.8 Å². The van der Waals surface area contributed by atoms with E-state index in [4.69, 9.17) is 23.2 Å². The fourth-order valence-electron chi connectivity index (χ4n) is 3.16. The van der Waals surface area contributed by atoms with Crippen LogP contribution < -0.4 is 5.32 Å². The summed E-state index contributed by atoms with van der Waals surface area (Å²) in [6.45, 7) is 3.74. The Morgan fingerprint density at radius 3 is 2.43 bits per heavy atom. The standard InChI is InChI=1S/C19H18Cl2N2O4S/c1-3-23-19(25)13-8-7-12(9-16(13)28(23,26)27)18(24)22-10-11(2)17-14(20)5-4-6-15(17)21/h4-9,11H,3,10H2,1-2H3,(H,22,24). The predicted octanol–water partition coefficient (Wildman–Crippen LogP) is 3.69. The molecule has 0 radical (unpaired) electrons. The van der Waals surface area contributed by atoms with Crippen LogP contribution in [0.1, 0.15) is 46.0 Å². The van der Waals surface area contributed by atoms with Crippen LogP contribution >= 0.6 is 23.2 Å². The van der Waals surface area contributed by atoms with Crippen molar-refractivity contribution < 1.29 is 18.0 Å². The highest BCUT2D eigenvalue weighted by molar-refractivity contribution is 7.90. The molecule has 1 unspecified atom stereocenters. The van der Waals surface area contributed by atoms with Gasteiger partial charge in [0.2, 0.25) is 0 Å². The molecule has 0 saturated heterocycles. The second-order valence-electron chi connectivity index (χ2n) is 6.43. The number of hydrogen-bond acceptors (Lipinski definition) is 4. The normalized spacial score (nSPS) is 16.0. The molecule has 6 nitrogen and oxygen atoms in total. The molecule has 2 amide bonds. The zero-order valence-corrected chi connectivity index (χ0v) is 17.5. The SMILES string of the molecule is CCN1C(=O)c2ccc(C(=O)NCC(C)c3c(Cl)cccc3Cl)cc2S1(=O)=O. The lowest BCUT2D eigenvalue weighted by molar-refractivity contribution is 0.0874. The molecular formula is C19H18Cl2N2O4S. The molecule has 0 fully saturated rings. The molecule has 1 atom stereocenters. The number of hydrogen-bond donors (Lipinski definition) is 1. The van der Waals surface area contributed by atoms with Gasteiger partial charge in [0.25, 0.3) is 21.8 Å². The number of fused-ring (bicyclic) bond motifs is 1. The molecule has 0 bridgehead atoms. The highest BCUT2D eigenvalue weighted by Crippen LogP contribution is 2.32. The fraction of sp³-hybridized carbons (Fsp3) is 0.263. The quantitative estimate of drug-likeness (QED) is 0.767. The van der Waals surface area contributed by atoms with Crippen molar-refractivity contribution in [2.75, 3.05) is 13.1 Å². The van der Waals surface area contributed by atoms with Gasteiger partial charge in [-0.15, -0.1) is 0 Å². The summed E-state index contributed by atoms with van der Waals surface area (Å²) in [4.78, 5) is 24.6. The summed E-state index contributed by atoms with van der Waals surface area (Å²) in [5, 5.41) is 3.78. The maximum atomic E-state index is 12.5. The van der Waals surface area contributed by atoms with Crippen LogP contribution in [0.4, 0.5) is 0 Å². The van der Waals surface area contributed by atoms with Gasteiger partial charge in [0.15, 0.2) is 0 Å². The average Bonchev–Trinajstić information content (AvgIpc) is 2.84. The Bertz CT molecular complexity index is 1050. The maximum Gasteiger partial charge on any atom is 0.268 e. The molecule has 3 rings (SSSR count). The minimum atomic E-state index is -3.92. The van der Waals surface area contributed by atoms with E-state index in [-0.39, 0.29) is 35.0 Å². The van der Waals surface area contributed by atoms with Crippen molar-refractivity contribution in [3.8, 4) is 0 Å². The molecular weight excluding hydrogens is 423 g/mol. The van der Waals surface area contributed by atoms with E-state index in [1.54, 1.807) is 25.1 Å². The number of nitrogens with zero attached hydrogens (tertiary/aromatic N) is 1. The van der Waals surface area contributed by atoms with Crippen molar-refractivity contribution in [2.24, 2.45) is 0 Å². The van der Waals surface area contributed by atoms with Crippen LogP contribution in [-0.4, -0.2) is 37.6 Å². The molecule has 28 heavy (non-hydrogen) atoms. The van der Waals surface area contributed by atoms with Crippen LogP contribution in [0.2, 0.25) is 10.0 Å². The molecule has 1 heterocycles. The molecule has 1 N–H and O–H groups in total. The third kappa shape index (κ3) is 3.50. The Kier molecular flexibility index (Phi) is 5.70. The number of amides is 2. The summed E-state index contributed by atoms with van der Waals surface area (Å²) in [5.41, 5.74) is 0.965. The molecule has 1 aliphatic rings. The second kappa shape index (κ2) is 7.73. The Balaban J connectivity index is 1.79. The van der Waals surface area contributed by atoms with Crippen molar-refractivity contribution >= 4 is 45.0 Å². The highest BCUT2D eigenvalue weighted by atomic mass is 35.5. The van der Waals surface area contributed by atoms with E-state index in [1.807, 2.05) is 6.92 Å². The van der Waals surface area contributed by atoms with Crippen molar-refractivity contribution in [3.63, 3.8) is 0 Å². The number of sulfonamides is 1. The Labute approximate surface area is 173 Å². The van der Waals surface area contributed by atoms with E-state index in [2.05, 4.69) is 5.32 Å². The van der Waals surface area contributed by atoms with Gasteiger partial charge in [0.1, 0.15) is 4.90 Å². The topological polar surface area (TPSA) is 83.6 Å². The monoisotopic (exact) mass is 440 g/mol. The molecule has 2 aromatic carbocycles. The summed E-state index contributed by atoms with van der Waals surface area (Å²) in [7, 11) is -3.92. The minimum Gasteiger partial charge on any atom is -0.351 e. The second-order valence-corrected chi connectivity index (χ2v) is 9.08. The van der Waals surface area contributed by atoms with Crippen LogP contribution in [0.3, 0.4) is 0 Å². The largest absolute Gasteiger partial charge is 0.351 e. The number of carbonyl (C=O) groups is 2. The van der Waals surface area contributed by atoms with Crippen molar-refractivity contribution in [1.29, 1.82) is 0 Å². The van der Waals surface area contributed by atoms with Gasteiger partial charge in [-0.1, -0.05) is 36.2 Å². The van der Waals surface area contributed by atoms with Crippen molar-refractivity contribution in [3.05, 3.63) is 63.1 Å². The van der Waals surface area contributed by atoms with Gasteiger partial charge in [-0.05, 0) is 42.8 Å². The van der Waals surface area contributed by atoms with Gasteiger partial charge in [0.05, 0.1) is 5.56 Å². The molecule has 0 spiro atoms. The van der Waals surface area contributed by atoms with Gasteiger partial charge in [-0.2, -0.15) is 0 Å². The summed E-state index contributed by atoms with van der Waals surface area (Å²) >= 11 is 12.4. The van der Waals surface area contributed by atoms with Gasteiger partial charge in [0, 0.05) is 34.6 Å². The maximum absolute atomic E-state index is 12.5. The number of benzene rings is 2. The Hall–Kier alpha value is -2.09. The molecule has 2 aromatic rings. The van der Waals surface area contributed by atoms with Crippen molar-refractivity contribution in [1.82, 2.24) is 9.62 Å². The smallest absolute Gasteiger partial charge is 0.268 e. The van der Waals surface area contributed by atoms with Gasteiger partial charge >= 0.3 is 0 Å². The first-order chi connectivity index (χ1) is 13.2. The van der Waals surface area contributed by atoms with Gasteiger partial charge in [-0.25, -0.2) is 12.7 Å². The van der Waals surface area contributed by atoms with E-state index in [0.717, 1.165) is 9.87 Å². The molecule has 9 heteroatoms. The summed E-state index contributed by atoms with van der Waals surface area (Å²) < 4.78 is 25.7. The lowest BCUT2D eigenvalue weighted by atomic mass is 10.0. The first kappa shape index (κ1) is 20.6.